The van der Waals surface area contributed by atoms with Crippen LogP contribution in [0.1, 0.15) is 54.6 Å². The number of piperidine rings is 1. The van der Waals surface area contributed by atoms with E-state index < -0.39 is 53.1 Å². The van der Waals surface area contributed by atoms with Gasteiger partial charge in [0.1, 0.15) is 11.7 Å². The lowest BCUT2D eigenvalue weighted by molar-refractivity contribution is -0.0602. The zero-order valence-corrected chi connectivity index (χ0v) is 21.7. The van der Waals surface area contributed by atoms with Gasteiger partial charge in [0.25, 0.3) is 0 Å². The Hall–Kier alpha value is -3.34. The zero-order chi connectivity index (χ0) is 27.7. The van der Waals surface area contributed by atoms with Crippen LogP contribution in [-0.2, 0) is 11.2 Å². The van der Waals surface area contributed by atoms with Crippen molar-refractivity contribution in [3.63, 3.8) is 0 Å². The molecule has 1 aromatic heterocycles. The first-order chi connectivity index (χ1) is 18.7. The number of rotatable bonds is 9. The first-order valence-electron chi connectivity index (χ1n) is 13.3. The van der Waals surface area contributed by atoms with Crippen LogP contribution in [0.2, 0.25) is 0 Å². The number of esters is 1. The van der Waals surface area contributed by atoms with Gasteiger partial charge in [0.05, 0.1) is 29.7 Å². The van der Waals surface area contributed by atoms with E-state index in [1.54, 1.807) is 11.5 Å². The molecule has 1 saturated heterocycles. The Morgan fingerprint density at radius 3 is 2.67 bits per heavy atom. The zero-order valence-electron chi connectivity index (χ0n) is 21.7. The van der Waals surface area contributed by atoms with Crippen molar-refractivity contribution >= 4 is 16.9 Å². The number of carbonyl (C=O) groups is 1. The Morgan fingerprint density at radius 1 is 1.26 bits per heavy atom. The van der Waals surface area contributed by atoms with E-state index in [4.69, 9.17) is 9.47 Å². The third kappa shape index (κ3) is 5.54. The van der Waals surface area contributed by atoms with Gasteiger partial charge < -0.3 is 29.6 Å². The summed E-state index contributed by atoms with van der Waals surface area (Å²) in [5.41, 5.74) is -1.43. The van der Waals surface area contributed by atoms with E-state index in [1.807, 2.05) is 30.3 Å². The first kappa shape index (κ1) is 27.2. The maximum atomic E-state index is 15.6. The quantitative estimate of drug-likeness (QED) is 0.356. The van der Waals surface area contributed by atoms with E-state index in [0.29, 0.717) is 13.0 Å². The molecule has 8 nitrogen and oxygen atoms in total. The molecule has 39 heavy (non-hydrogen) atoms. The van der Waals surface area contributed by atoms with Gasteiger partial charge in [0, 0.05) is 24.7 Å². The molecule has 2 heterocycles. The molecule has 0 spiro atoms. The largest absolute Gasteiger partial charge is 0.483 e. The minimum Gasteiger partial charge on any atom is -0.483 e. The van der Waals surface area contributed by atoms with Crippen LogP contribution in [0.15, 0.2) is 47.4 Å². The second kappa shape index (κ2) is 11.0. The minimum atomic E-state index is -1.35. The Labute approximate surface area is 224 Å². The molecule has 2 unspecified atom stereocenters. The third-order valence-corrected chi connectivity index (χ3v) is 7.49. The van der Waals surface area contributed by atoms with E-state index in [9.17, 15) is 19.8 Å². The van der Waals surface area contributed by atoms with Crippen LogP contribution in [0.4, 0.5) is 8.78 Å². The second-order valence-electron chi connectivity index (χ2n) is 10.4. The van der Waals surface area contributed by atoms with Crippen molar-refractivity contribution in [3.05, 3.63) is 75.6 Å². The van der Waals surface area contributed by atoms with E-state index in [2.05, 4.69) is 5.32 Å². The van der Waals surface area contributed by atoms with Crippen molar-refractivity contribution in [3.8, 4) is 5.75 Å². The van der Waals surface area contributed by atoms with Crippen molar-refractivity contribution in [1.29, 1.82) is 0 Å². The molecule has 3 aromatic rings. The highest BCUT2D eigenvalue weighted by molar-refractivity contribution is 5.95. The number of aliphatic hydroxyl groups is 2. The van der Waals surface area contributed by atoms with Crippen molar-refractivity contribution < 1.29 is 33.3 Å². The first-order valence-corrected chi connectivity index (χ1v) is 13.3. The molecular weight excluding hydrogens is 510 g/mol. The number of benzene rings is 2. The Morgan fingerprint density at radius 2 is 2.00 bits per heavy atom. The van der Waals surface area contributed by atoms with Crippen LogP contribution in [0.25, 0.3) is 10.9 Å². The molecule has 0 bridgehead atoms. The number of ether oxygens (including phenoxy) is 2. The predicted octanol–water partition coefficient (Wildman–Crippen LogP) is 3.26. The Kier molecular flexibility index (Phi) is 7.70. The SMILES string of the molecule is CCOC(=O)c1cn(C2CC2)c2c(O[C@H](Cc3ccccc3)C3CC(O)(CO)CCN3)c(F)c(F)cc2c1=O. The summed E-state index contributed by atoms with van der Waals surface area (Å²) in [5, 5.41) is 23.7. The van der Waals surface area contributed by atoms with Gasteiger partial charge in [-0.25, -0.2) is 9.18 Å². The molecule has 0 amide bonds. The lowest BCUT2D eigenvalue weighted by atomic mass is 9.84. The summed E-state index contributed by atoms with van der Waals surface area (Å²) in [6.07, 6.45) is 2.76. The molecule has 208 valence electrons. The van der Waals surface area contributed by atoms with E-state index in [-0.39, 0.29) is 42.0 Å². The Balaban J connectivity index is 1.65. The predicted molar refractivity (Wildman–Crippen MR) is 140 cm³/mol. The number of carbonyl (C=O) groups excluding carboxylic acids is 1. The smallest absolute Gasteiger partial charge is 0.343 e. The van der Waals surface area contributed by atoms with Gasteiger partial charge in [-0.15, -0.1) is 0 Å². The van der Waals surface area contributed by atoms with Crippen molar-refractivity contribution in [2.24, 2.45) is 0 Å². The van der Waals surface area contributed by atoms with E-state index in [1.165, 1.54) is 6.20 Å². The Bertz CT molecular complexity index is 1430. The molecule has 3 N–H and O–H groups in total. The maximum Gasteiger partial charge on any atom is 0.343 e. The standard InChI is InChI=1S/C29H32F2N2O6/c1-2-38-28(36)20-15-33(18-8-9-18)25-19(26(20)35)13-21(30)24(31)27(25)39-23(12-17-6-4-3-5-7-17)22-14-29(37,16-34)10-11-32-22/h3-7,13,15,18,22-23,32,34,37H,2,8-12,14,16H2,1H3/t22?,23-,29?/m1/s1. The van der Waals surface area contributed by atoms with Crippen molar-refractivity contribution in [2.45, 2.75) is 62.8 Å². The summed E-state index contributed by atoms with van der Waals surface area (Å²) in [6.45, 7) is 1.61. The summed E-state index contributed by atoms with van der Waals surface area (Å²) < 4.78 is 43.5. The highest BCUT2D eigenvalue weighted by Crippen LogP contribution is 2.41. The van der Waals surface area contributed by atoms with Crippen molar-refractivity contribution in [1.82, 2.24) is 9.88 Å². The van der Waals surface area contributed by atoms with Gasteiger partial charge in [0.15, 0.2) is 11.6 Å². The number of nitrogens with zero attached hydrogens (tertiary/aromatic N) is 1. The molecule has 10 heteroatoms. The van der Waals surface area contributed by atoms with E-state index in [0.717, 1.165) is 24.5 Å². The second-order valence-corrected chi connectivity index (χ2v) is 10.4. The number of hydrogen-bond acceptors (Lipinski definition) is 7. The molecular formula is C29H32F2N2O6. The summed E-state index contributed by atoms with van der Waals surface area (Å²) in [4.78, 5) is 25.9. The summed E-state index contributed by atoms with van der Waals surface area (Å²) >= 11 is 0. The summed E-state index contributed by atoms with van der Waals surface area (Å²) in [7, 11) is 0. The summed E-state index contributed by atoms with van der Waals surface area (Å²) in [6, 6.07) is 9.48. The van der Waals surface area contributed by atoms with Crippen LogP contribution in [-0.4, -0.2) is 58.3 Å². The third-order valence-electron chi connectivity index (χ3n) is 7.49. The van der Waals surface area contributed by atoms with Gasteiger partial charge in [-0.1, -0.05) is 30.3 Å². The fourth-order valence-electron chi connectivity index (χ4n) is 5.28. The molecule has 3 atom stereocenters. The molecule has 5 rings (SSSR count). The maximum absolute atomic E-state index is 15.6. The molecule has 0 radical (unpaired) electrons. The average Bonchev–Trinajstić information content (AvgIpc) is 3.77. The highest BCUT2D eigenvalue weighted by Gasteiger charge is 2.39. The van der Waals surface area contributed by atoms with Crippen LogP contribution < -0.4 is 15.5 Å². The number of halogens is 2. The molecule has 1 saturated carbocycles. The van der Waals surface area contributed by atoms with Crippen LogP contribution in [0, 0.1) is 11.6 Å². The molecule has 2 aromatic carbocycles. The van der Waals surface area contributed by atoms with Gasteiger partial charge in [0.2, 0.25) is 11.2 Å². The minimum absolute atomic E-state index is 0.0572. The lowest BCUT2D eigenvalue weighted by Crippen LogP contribution is -2.56. The number of pyridine rings is 1. The van der Waals surface area contributed by atoms with Crippen LogP contribution >= 0.6 is 0 Å². The van der Waals surface area contributed by atoms with Gasteiger partial charge in [-0.3, -0.25) is 4.79 Å². The molecule has 2 fully saturated rings. The van der Waals surface area contributed by atoms with Gasteiger partial charge >= 0.3 is 5.97 Å². The topological polar surface area (TPSA) is 110 Å². The molecule has 2 aliphatic rings. The van der Waals surface area contributed by atoms with Gasteiger partial charge in [-0.2, -0.15) is 4.39 Å². The fraction of sp³-hybridized carbons (Fsp3) is 0.448. The van der Waals surface area contributed by atoms with E-state index >= 15 is 8.78 Å². The van der Waals surface area contributed by atoms with Crippen molar-refractivity contribution in [2.75, 3.05) is 19.8 Å². The summed E-state index contributed by atoms with van der Waals surface area (Å²) in [5.74, 6) is -3.78. The molecule has 1 aliphatic carbocycles. The molecule has 1 aliphatic heterocycles. The van der Waals surface area contributed by atoms with Crippen LogP contribution in [0.5, 0.6) is 5.75 Å². The fourth-order valence-corrected chi connectivity index (χ4v) is 5.28. The number of hydrogen-bond donors (Lipinski definition) is 3. The number of aliphatic hydroxyl groups excluding tert-OH is 1. The number of aromatic nitrogens is 1. The van der Waals surface area contributed by atoms with Crippen LogP contribution in [0.3, 0.4) is 0 Å². The highest BCUT2D eigenvalue weighted by atomic mass is 19.2. The normalized spacial score (nSPS) is 22.0. The lowest BCUT2D eigenvalue weighted by Gasteiger charge is -2.40. The van der Waals surface area contributed by atoms with Gasteiger partial charge in [-0.05, 0) is 50.8 Å². The monoisotopic (exact) mass is 542 g/mol. The number of nitrogens with one attached hydrogen (secondary N) is 1. The number of fused-ring (bicyclic) bond motifs is 1. The average molecular weight is 543 g/mol.